The highest BCUT2D eigenvalue weighted by atomic mass is 35.5. The van der Waals surface area contributed by atoms with E-state index >= 15 is 0 Å². The zero-order valence-corrected chi connectivity index (χ0v) is 18.7. The molecule has 0 saturated carbocycles. The Kier molecular flexibility index (Phi) is 6.32. The standard InChI is InChI=1S/C23H17Cl2N7O/c24-19-8-30-9-20(25)18(19)12-33-16-1-2-21(28)17(4-16)22(29)15-3-14(6-27)23(31-7-15)32-10-13(5-26)11-32/h1-4,7-9,13,29H,10-12,28H2. The van der Waals surface area contributed by atoms with Gasteiger partial charge in [-0.2, -0.15) is 10.5 Å². The molecule has 0 aliphatic carbocycles. The van der Waals surface area contributed by atoms with Crippen molar-refractivity contribution in [3.8, 4) is 17.9 Å². The average Bonchev–Trinajstić information content (AvgIpc) is 2.78. The van der Waals surface area contributed by atoms with Crippen LogP contribution in [-0.4, -0.2) is 28.8 Å². The zero-order chi connectivity index (χ0) is 23.5. The minimum Gasteiger partial charge on any atom is -0.489 e. The van der Waals surface area contributed by atoms with E-state index in [1.54, 1.807) is 24.3 Å². The molecular formula is C23H17Cl2N7O. The molecule has 0 spiro atoms. The van der Waals surface area contributed by atoms with Gasteiger partial charge in [-0.25, -0.2) is 4.98 Å². The Bertz CT molecular complexity index is 1300. The van der Waals surface area contributed by atoms with Crippen LogP contribution in [0.25, 0.3) is 0 Å². The third-order valence-corrected chi connectivity index (χ3v) is 5.92. The number of nitrogen functional groups attached to an aromatic ring is 1. The molecule has 0 bridgehead atoms. The molecule has 33 heavy (non-hydrogen) atoms. The maximum absolute atomic E-state index is 9.59. The fraction of sp³-hybridized carbons (Fsp3) is 0.174. The van der Waals surface area contributed by atoms with E-state index in [2.05, 4.69) is 22.1 Å². The Morgan fingerprint density at radius 3 is 2.58 bits per heavy atom. The zero-order valence-electron chi connectivity index (χ0n) is 17.2. The van der Waals surface area contributed by atoms with Gasteiger partial charge in [-0.05, 0) is 24.3 Å². The lowest BCUT2D eigenvalue weighted by atomic mass is 9.99. The van der Waals surface area contributed by atoms with Crippen molar-refractivity contribution in [3.63, 3.8) is 0 Å². The van der Waals surface area contributed by atoms with Gasteiger partial charge in [-0.15, -0.1) is 0 Å². The summed E-state index contributed by atoms with van der Waals surface area (Å²) in [6, 6.07) is 10.9. The topological polar surface area (TPSA) is 136 Å². The third kappa shape index (κ3) is 4.54. The van der Waals surface area contributed by atoms with E-state index in [0.717, 1.165) is 0 Å². The molecule has 3 aromatic rings. The predicted octanol–water partition coefficient (Wildman–Crippen LogP) is 4.19. The number of hydrogen-bond donors (Lipinski definition) is 2. The normalized spacial score (nSPS) is 13.0. The predicted molar refractivity (Wildman–Crippen MR) is 126 cm³/mol. The molecule has 0 atom stereocenters. The smallest absolute Gasteiger partial charge is 0.146 e. The highest BCUT2D eigenvalue weighted by Crippen LogP contribution is 2.29. The van der Waals surface area contributed by atoms with Crippen LogP contribution in [0.4, 0.5) is 11.5 Å². The SMILES string of the molecule is N#Cc1cc(C(=N)c2cc(OCc3c(Cl)cncc3Cl)ccc2N)cnc1N1CC(C#N)C1. The summed E-state index contributed by atoms with van der Waals surface area (Å²) in [6.45, 7) is 1.19. The summed E-state index contributed by atoms with van der Waals surface area (Å²) in [7, 11) is 0. The molecule has 4 rings (SSSR count). The van der Waals surface area contributed by atoms with Crippen molar-refractivity contribution in [2.24, 2.45) is 5.92 Å². The first-order chi connectivity index (χ1) is 15.9. The Labute approximate surface area is 200 Å². The Morgan fingerprint density at radius 1 is 1.18 bits per heavy atom. The van der Waals surface area contributed by atoms with Crippen LogP contribution < -0.4 is 15.4 Å². The third-order valence-electron chi connectivity index (χ3n) is 5.27. The molecule has 1 fully saturated rings. The summed E-state index contributed by atoms with van der Waals surface area (Å²) in [5, 5.41) is 28.0. The molecule has 1 aliphatic heterocycles. The van der Waals surface area contributed by atoms with Crippen molar-refractivity contribution in [3.05, 3.63) is 75.2 Å². The molecule has 164 valence electrons. The number of nitrogens with two attached hydrogens (primary N) is 1. The highest BCUT2D eigenvalue weighted by molar-refractivity contribution is 6.35. The van der Waals surface area contributed by atoms with Gasteiger partial charge in [0.1, 0.15) is 24.2 Å². The number of anilines is 2. The second-order valence-electron chi connectivity index (χ2n) is 7.43. The largest absolute Gasteiger partial charge is 0.489 e. The molecule has 10 heteroatoms. The molecule has 0 unspecified atom stereocenters. The van der Waals surface area contributed by atoms with Gasteiger partial charge in [0.2, 0.25) is 0 Å². The van der Waals surface area contributed by atoms with Gasteiger partial charge >= 0.3 is 0 Å². The number of pyridine rings is 2. The van der Waals surface area contributed by atoms with E-state index in [0.29, 0.717) is 62.6 Å². The van der Waals surface area contributed by atoms with Gasteiger partial charge in [-0.1, -0.05) is 23.2 Å². The summed E-state index contributed by atoms with van der Waals surface area (Å²) in [4.78, 5) is 10.2. The lowest BCUT2D eigenvalue weighted by Crippen LogP contribution is -2.46. The monoisotopic (exact) mass is 477 g/mol. The molecule has 3 heterocycles. The number of ether oxygens (including phenoxy) is 1. The maximum Gasteiger partial charge on any atom is 0.146 e. The van der Waals surface area contributed by atoms with Crippen molar-refractivity contribution >= 4 is 40.4 Å². The quantitative estimate of drug-likeness (QED) is 0.401. The molecule has 2 aromatic heterocycles. The van der Waals surface area contributed by atoms with E-state index in [4.69, 9.17) is 44.3 Å². The number of nitrogens with one attached hydrogen (secondary N) is 1. The minimum absolute atomic E-state index is 0.0595. The van der Waals surface area contributed by atoms with Crippen LogP contribution >= 0.6 is 23.2 Å². The van der Waals surface area contributed by atoms with Crippen LogP contribution in [0.2, 0.25) is 10.0 Å². The average molecular weight is 478 g/mol. The second-order valence-corrected chi connectivity index (χ2v) is 8.25. The molecule has 8 nitrogen and oxygen atoms in total. The first kappa shape index (κ1) is 22.3. The van der Waals surface area contributed by atoms with Gasteiger partial charge in [0.25, 0.3) is 0 Å². The lowest BCUT2D eigenvalue weighted by Gasteiger charge is -2.36. The van der Waals surface area contributed by atoms with Gasteiger partial charge in [0, 0.05) is 54.1 Å². The minimum atomic E-state index is -0.0595. The molecular weight excluding hydrogens is 461 g/mol. The summed E-state index contributed by atoms with van der Waals surface area (Å²) in [5.41, 5.74) is 8.42. The van der Waals surface area contributed by atoms with Crippen molar-refractivity contribution in [1.82, 2.24) is 9.97 Å². The van der Waals surface area contributed by atoms with Crippen molar-refractivity contribution in [1.29, 1.82) is 15.9 Å². The fourth-order valence-corrected chi connectivity index (χ4v) is 3.86. The molecule has 3 N–H and O–H groups in total. The second kappa shape index (κ2) is 9.33. The van der Waals surface area contributed by atoms with Gasteiger partial charge in [0.05, 0.1) is 33.3 Å². The summed E-state index contributed by atoms with van der Waals surface area (Å²) in [5.74, 6) is 0.925. The van der Waals surface area contributed by atoms with Crippen LogP contribution in [0.1, 0.15) is 22.3 Å². The Hall–Kier alpha value is -3.85. The molecule has 1 saturated heterocycles. The number of aromatic nitrogens is 2. The molecule has 1 aromatic carbocycles. The first-order valence-corrected chi connectivity index (χ1v) is 10.6. The number of halogens is 2. The first-order valence-electron chi connectivity index (χ1n) is 9.85. The van der Waals surface area contributed by atoms with E-state index < -0.39 is 0 Å². The van der Waals surface area contributed by atoms with Gasteiger partial charge in [0.15, 0.2) is 0 Å². The maximum atomic E-state index is 9.59. The van der Waals surface area contributed by atoms with Crippen LogP contribution in [0.15, 0.2) is 42.9 Å². The summed E-state index contributed by atoms with van der Waals surface area (Å²) in [6.07, 6.45) is 4.50. The van der Waals surface area contributed by atoms with Crippen molar-refractivity contribution in [2.75, 3.05) is 23.7 Å². The van der Waals surface area contributed by atoms with E-state index in [1.807, 2.05) is 4.90 Å². The molecule has 0 radical (unpaired) electrons. The summed E-state index contributed by atoms with van der Waals surface area (Å²) >= 11 is 12.3. The number of nitrogens with zero attached hydrogens (tertiary/aromatic N) is 5. The Morgan fingerprint density at radius 2 is 1.91 bits per heavy atom. The van der Waals surface area contributed by atoms with E-state index in [9.17, 15) is 5.26 Å². The number of benzene rings is 1. The molecule has 1 aliphatic rings. The number of nitriles is 2. The van der Waals surface area contributed by atoms with Crippen molar-refractivity contribution < 1.29 is 4.74 Å². The molecule has 0 amide bonds. The van der Waals surface area contributed by atoms with Gasteiger partial charge < -0.3 is 15.4 Å². The van der Waals surface area contributed by atoms with Crippen LogP contribution in [0.3, 0.4) is 0 Å². The van der Waals surface area contributed by atoms with Crippen molar-refractivity contribution in [2.45, 2.75) is 6.61 Å². The number of rotatable bonds is 6. The van der Waals surface area contributed by atoms with Crippen LogP contribution in [-0.2, 0) is 6.61 Å². The fourth-order valence-electron chi connectivity index (χ4n) is 3.39. The van der Waals surface area contributed by atoms with E-state index in [1.165, 1.54) is 18.6 Å². The summed E-state index contributed by atoms with van der Waals surface area (Å²) < 4.78 is 5.82. The Balaban J connectivity index is 1.56. The van der Waals surface area contributed by atoms with Crippen LogP contribution in [0, 0.1) is 34.0 Å². The van der Waals surface area contributed by atoms with Gasteiger partial charge in [-0.3, -0.25) is 10.4 Å². The highest BCUT2D eigenvalue weighted by Gasteiger charge is 2.29. The van der Waals surface area contributed by atoms with E-state index in [-0.39, 0.29) is 18.2 Å². The number of hydrogen-bond acceptors (Lipinski definition) is 8. The van der Waals surface area contributed by atoms with Crippen LogP contribution in [0.5, 0.6) is 5.75 Å². The lowest BCUT2D eigenvalue weighted by molar-refractivity contribution is 0.306.